The first-order valence-corrected chi connectivity index (χ1v) is 44.7. The van der Waals surface area contributed by atoms with E-state index < -0.39 is 97.5 Å². The summed E-state index contributed by atoms with van der Waals surface area (Å²) in [6.07, 6.45) is 93.8. The van der Waals surface area contributed by atoms with Gasteiger partial charge in [-0.15, -0.1) is 0 Å². The van der Waals surface area contributed by atoms with Gasteiger partial charge in [0.1, 0.15) is 19.3 Å². The molecule has 19 heteroatoms. The molecule has 0 radical (unpaired) electrons. The molecule has 0 aliphatic carbocycles. The zero-order valence-electron chi connectivity index (χ0n) is 67.5. The van der Waals surface area contributed by atoms with Crippen molar-refractivity contribution >= 4 is 39.5 Å². The summed E-state index contributed by atoms with van der Waals surface area (Å²) in [5, 5.41) is 10.7. The van der Waals surface area contributed by atoms with Gasteiger partial charge in [-0.3, -0.25) is 37.3 Å². The minimum Gasteiger partial charge on any atom is -0.462 e. The number of ether oxygens (including phenoxy) is 4. The summed E-state index contributed by atoms with van der Waals surface area (Å²) in [5.41, 5.74) is 0. The van der Waals surface area contributed by atoms with Crippen LogP contribution < -0.4 is 0 Å². The van der Waals surface area contributed by atoms with E-state index in [2.05, 4.69) is 161 Å². The van der Waals surface area contributed by atoms with Crippen LogP contribution in [0.2, 0.25) is 0 Å². The monoisotopic (exact) mass is 1550 g/mol. The normalized spacial score (nSPS) is 14.6. The van der Waals surface area contributed by atoms with Crippen molar-refractivity contribution in [1.82, 2.24) is 0 Å². The predicted octanol–water partition coefficient (Wildman–Crippen LogP) is 24.8. The van der Waals surface area contributed by atoms with E-state index in [1.807, 2.05) is 12.2 Å². The predicted molar refractivity (Wildman–Crippen MR) is 445 cm³/mol. The average Bonchev–Trinajstić information content (AvgIpc) is 0.907. The van der Waals surface area contributed by atoms with Crippen LogP contribution in [-0.2, 0) is 65.4 Å². The number of rotatable bonds is 77. The lowest BCUT2D eigenvalue weighted by Crippen LogP contribution is -2.30. The van der Waals surface area contributed by atoms with E-state index in [9.17, 15) is 43.2 Å². The maximum Gasteiger partial charge on any atom is 0.472 e. The van der Waals surface area contributed by atoms with E-state index in [1.54, 1.807) is 12.2 Å². The average molecular weight is 1550 g/mol. The van der Waals surface area contributed by atoms with Crippen LogP contribution in [0.25, 0.3) is 0 Å². The fourth-order valence-corrected chi connectivity index (χ4v) is 12.3. The van der Waals surface area contributed by atoms with E-state index in [0.29, 0.717) is 25.7 Å². The molecule has 0 aromatic carbocycles. The van der Waals surface area contributed by atoms with Crippen molar-refractivity contribution < 1.29 is 80.2 Å². The lowest BCUT2D eigenvalue weighted by Gasteiger charge is -2.21. The van der Waals surface area contributed by atoms with Crippen LogP contribution in [0.5, 0.6) is 0 Å². The molecule has 5 atom stereocenters. The van der Waals surface area contributed by atoms with Gasteiger partial charge in [0.15, 0.2) is 12.2 Å². The van der Waals surface area contributed by atoms with Crippen LogP contribution in [-0.4, -0.2) is 96.7 Å². The number of phosphoric ester groups is 2. The summed E-state index contributed by atoms with van der Waals surface area (Å²) in [5.74, 6) is -2.36. The Kier molecular flexibility index (Phi) is 75.8. The zero-order valence-corrected chi connectivity index (χ0v) is 69.3. The van der Waals surface area contributed by atoms with Gasteiger partial charge in [0.2, 0.25) is 0 Å². The number of allylic oxidation sites excluding steroid dienone is 25. The van der Waals surface area contributed by atoms with Crippen molar-refractivity contribution in [2.24, 2.45) is 0 Å². The highest BCUT2D eigenvalue weighted by molar-refractivity contribution is 7.47. The van der Waals surface area contributed by atoms with Gasteiger partial charge < -0.3 is 33.8 Å². The Labute approximate surface area is 655 Å². The second-order valence-corrected chi connectivity index (χ2v) is 30.2. The number of carbonyl (C=O) groups is 4. The smallest absolute Gasteiger partial charge is 0.462 e. The van der Waals surface area contributed by atoms with Gasteiger partial charge in [0.05, 0.1) is 32.8 Å². The summed E-state index contributed by atoms with van der Waals surface area (Å²) < 4.78 is 68.6. The number of hydrogen-bond donors (Lipinski definition) is 3. The SMILES string of the molecule is CC/C=C\C/C=C\C/C=C\C/C=C\C/C=C\CC(=O)OC(COC(=O)CCCCCCCC/C=C\C/C=C\C/C=C\C/C=C\CC)COP(=O)(O)OCC(O)COP(=O)(O)OCC(COC(=O)CCCCCCCC/C=C\C/C=C\C/C=C\CCCCC)OC(=O)CCCCCCC/C=C\CCCCCCCC. The van der Waals surface area contributed by atoms with Crippen molar-refractivity contribution in [1.29, 1.82) is 0 Å². The highest BCUT2D eigenvalue weighted by atomic mass is 31.2. The van der Waals surface area contributed by atoms with E-state index >= 15 is 0 Å². The van der Waals surface area contributed by atoms with E-state index in [0.717, 1.165) is 186 Å². The van der Waals surface area contributed by atoms with E-state index in [1.165, 1.54) is 57.8 Å². The first-order chi connectivity index (χ1) is 52.7. The third-order valence-electron chi connectivity index (χ3n) is 17.0. The number of aliphatic hydroxyl groups excluding tert-OH is 1. The molecule has 0 bridgehead atoms. The topological polar surface area (TPSA) is 237 Å². The Balaban J connectivity index is 5.45. The van der Waals surface area contributed by atoms with Gasteiger partial charge in [-0.25, -0.2) is 9.13 Å². The minimum absolute atomic E-state index is 0.0758. The van der Waals surface area contributed by atoms with Crippen molar-refractivity contribution in [3.05, 3.63) is 158 Å². The molecule has 0 spiro atoms. The van der Waals surface area contributed by atoms with Crippen LogP contribution in [0.4, 0.5) is 0 Å². The molecule has 5 unspecified atom stereocenters. The van der Waals surface area contributed by atoms with Gasteiger partial charge >= 0.3 is 39.5 Å². The quantitative estimate of drug-likeness (QED) is 0.0169. The maximum atomic E-state index is 13.1. The second kappa shape index (κ2) is 79.8. The molecular weight excluding hydrogens is 1400 g/mol. The highest BCUT2D eigenvalue weighted by Crippen LogP contribution is 2.45. The number of hydrogen-bond acceptors (Lipinski definition) is 15. The van der Waals surface area contributed by atoms with Gasteiger partial charge in [0.25, 0.3) is 0 Å². The first-order valence-electron chi connectivity index (χ1n) is 41.7. The van der Waals surface area contributed by atoms with Crippen LogP contribution in [0.3, 0.4) is 0 Å². The van der Waals surface area contributed by atoms with Crippen molar-refractivity contribution in [3.63, 3.8) is 0 Å². The number of aliphatic hydroxyl groups is 1. The Morgan fingerprint density at radius 1 is 0.278 bits per heavy atom. The lowest BCUT2D eigenvalue weighted by atomic mass is 10.1. The summed E-state index contributed by atoms with van der Waals surface area (Å²) in [6, 6.07) is 0. The molecule has 0 saturated heterocycles. The third-order valence-corrected chi connectivity index (χ3v) is 18.9. The Hall–Kier alpha value is -5.32. The molecular formula is C89H148O17P2. The zero-order chi connectivity index (χ0) is 78.9. The summed E-state index contributed by atoms with van der Waals surface area (Å²) >= 11 is 0. The highest BCUT2D eigenvalue weighted by Gasteiger charge is 2.30. The van der Waals surface area contributed by atoms with Crippen molar-refractivity contribution in [2.75, 3.05) is 39.6 Å². The standard InChI is InChI=1S/C89H148O17P2/c1-5-9-13-17-21-25-29-33-37-39-41-43-47-49-53-57-61-65-69-73-86(91)99-79-84(105-88(93)75-71-67-63-59-55-51-45-35-31-27-23-19-15-11-7-3)81-103-107(95,96)101-77-83(90)78-102-108(97,98)104-82-85(106-89(94)76-72-68-64-60-56-52-46-36-32-28-24-20-16-12-8-4)80-100-87(92)74-70-66-62-58-54-50-48-44-42-40-38-34-30-26-22-18-14-10-6-2/h9,11,13,15,21-23,25-27,33-38,41-46,55,59,67,71,83-85,90H,5-8,10,12,14,16-20,24,28-32,39-40,47-54,56-58,60-66,68-70,72-82H2,1-4H3,(H,95,96)(H,97,98)/b13-9-,15-11-,25-21-,26-22-,27-23-,37-33-,38-34-,43-41-,44-42-,45-35-,46-36-,59-55-,71-67-. The molecule has 3 N–H and O–H groups in total. The number of unbranched alkanes of at least 4 members (excludes halogenated alkanes) is 26. The molecule has 0 fully saturated rings. The van der Waals surface area contributed by atoms with Crippen LogP contribution in [0.15, 0.2) is 158 Å². The largest absolute Gasteiger partial charge is 0.472 e. The molecule has 108 heavy (non-hydrogen) atoms. The Bertz CT molecular complexity index is 2660. The Morgan fingerprint density at radius 2 is 0.519 bits per heavy atom. The van der Waals surface area contributed by atoms with E-state index in [4.69, 9.17) is 37.0 Å². The van der Waals surface area contributed by atoms with E-state index in [-0.39, 0.29) is 25.7 Å². The van der Waals surface area contributed by atoms with Gasteiger partial charge in [-0.1, -0.05) is 301 Å². The lowest BCUT2D eigenvalue weighted by molar-refractivity contribution is -0.161. The van der Waals surface area contributed by atoms with Crippen molar-refractivity contribution in [3.8, 4) is 0 Å². The molecule has 17 nitrogen and oxygen atoms in total. The fourth-order valence-electron chi connectivity index (χ4n) is 10.7. The minimum atomic E-state index is -5.01. The van der Waals surface area contributed by atoms with Gasteiger partial charge in [0, 0.05) is 19.3 Å². The molecule has 0 saturated carbocycles. The Morgan fingerprint density at radius 3 is 0.852 bits per heavy atom. The summed E-state index contributed by atoms with van der Waals surface area (Å²) in [4.78, 5) is 73.1. The summed E-state index contributed by atoms with van der Waals surface area (Å²) in [7, 11) is -10.0. The molecule has 0 amide bonds. The summed E-state index contributed by atoms with van der Waals surface area (Å²) in [6.45, 7) is 4.48. The molecule has 0 aliphatic heterocycles. The maximum absolute atomic E-state index is 13.1. The van der Waals surface area contributed by atoms with Crippen LogP contribution >= 0.6 is 15.6 Å². The number of carbonyl (C=O) groups excluding carboxylic acids is 4. The molecule has 0 aliphatic rings. The van der Waals surface area contributed by atoms with Gasteiger partial charge in [-0.05, 0) is 154 Å². The number of esters is 4. The van der Waals surface area contributed by atoms with Crippen LogP contribution in [0.1, 0.15) is 323 Å². The second-order valence-electron chi connectivity index (χ2n) is 27.3. The van der Waals surface area contributed by atoms with Crippen molar-refractivity contribution in [2.45, 2.75) is 341 Å². The molecule has 0 heterocycles. The fraction of sp³-hybridized carbons (Fsp3) is 0.663. The van der Waals surface area contributed by atoms with Crippen LogP contribution in [0, 0.1) is 0 Å². The number of phosphoric acid groups is 2. The first kappa shape index (κ1) is 103. The third kappa shape index (κ3) is 78.8. The molecule has 0 rings (SSSR count). The molecule has 0 aromatic rings. The molecule has 0 aromatic heterocycles. The van der Waals surface area contributed by atoms with Gasteiger partial charge in [-0.2, -0.15) is 0 Å². The molecule has 616 valence electrons.